The maximum atomic E-state index is 6.06. The number of hydrogen-bond donors (Lipinski definition) is 1. The van der Waals surface area contributed by atoms with Crippen molar-refractivity contribution in [3.05, 3.63) is 17.0 Å². The van der Waals surface area contributed by atoms with Crippen LogP contribution in [0, 0.1) is 0 Å². The largest absolute Gasteiger partial charge is 0.369 e. The maximum absolute atomic E-state index is 6.06. The highest BCUT2D eigenvalue weighted by Crippen LogP contribution is 2.25. The van der Waals surface area contributed by atoms with Crippen LogP contribution in [-0.4, -0.2) is 41.0 Å². The van der Waals surface area contributed by atoms with Crippen LogP contribution in [-0.2, 0) is 5.41 Å². The van der Waals surface area contributed by atoms with Crippen molar-refractivity contribution >= 4 is 17.4 Å². The summed E-state index contributed by atoms with van der Waals surface area (Å²) in [7, 11) is 2.17. The van der Waals surface area contributed by atoms with Gasteiger partial charge >= 0.3 is 0 Å². The van der Waals surface area contributed by atoms with Crippen molar-refractivity contribution in [3.63, 3.8) is 0 Å². The first-order chi connectivity index (χ1) is 8.86. The molecule has 4 nitrogen and oxygen atoms in total. The number of anilines is 1. The molecule has 19 heavy (non-hydrogen) atoms. The lowest BCUT2D eigenvalue weighted by Crippen LogP contribution is -2.27. The average Bonchev–Trinajstić information content (AvgIpc) is 3.10. The number of halogens is 1. The van der Waals surface area contributed by atoms with Crippen molar-refractivity contribution in [2.45, 2.75) is 45.1 Å². The highest BCUT2D eigenvalue weighted by Gasteiger charge is 2.25. The van der Waals surface area contributed by atoms with Gasteiger partial charge in [-0.1, -0.05) is 32.4 Å². The lowest BCUT2D eigenvalue weighted by molar-refractivity contribution is 0.337. The third-order valence-corrected chi connectivity index (χ3v) is 3.50. The molecule has 0 saturated heterocycles. The molecule has 2 rings (SSSR count). The van der Waals surface area contributed by atoms with Gasteiger partial charge in [-0.3, -0.25) is 0 Å². The van der Waals surface area contributed by atoms with Gasteiger partial charge in [0.1, 0.15) is 16.8 Å². The van der Waals surface area contributed by atoms with Crippen LogP contribution in [0.1, 0.15) is 39.4 Å². The number of likely N-dealkylation sites (N-methyl/N-ethyl adjacent to an activating group) is 1. The molecule has 0 bridgehead atoms. The summed E-state index contributed by atoms with van der Waals surface area (Å²) in [4.78, 5) is 11.2. The van der Waals surface area contributed by atoms with E-state index >= 15 is 0 Å². The summed E-state index contributed by atoms with van der Waals surface area (Å²) in [5.74, 6) is 1.59. The maximum Gasteiger partial charge on any atom is 0.137 e. The summed E-state index contributed by atoms with van der Waals surface area (Å²) in [6, 6.07) is 2.58. The molecule has 0 amide bonds. The van der Waals surface area contributed by atoms with Crippen molar-refractivity contribution in [1.29, 1.82) is 0 Å². The van der Waals surface area contributed by atoms with Crippen LogP contribution in [0.4, 0.5) is 5.82 Å². The van der Waals surface area contributed by atoms with E-state index in [0.29, 0.717) is 5.15 Å². The lowest BCUT2D eigenvalue weighted by atomic mass is 9.96. The van der Waals surface area contributed by atoms with Gasteiger partial charge in [-0.15, -0.1) is 0 Å². The van der Waals surface area contributed by atoms with Gasteiger partial charge in [0.2, 0.25) is 0 Å². The first-order valence-corrected chi connectivity index (χ1v) is 7.23. The first-order valence-electron chi connectivity index (χ1n) is 6.85. The van der Waals surface area contributed by atoms with E-state index < -0.39 is 0 Å². The highest BCUT2D eigenvalue weighted by atomic mass is 35.5. The fraction of sp³-hybridized carbons (Fsp3) is 0.714. The molecule has 1 aromatic heterocycles. The number of nitrogens with one attached hydrogen (secondary N) is 1. The molecule has 1 aliphatic carbocycles. The SMILES string of the molecule is CN(CCNc1cc(Cl)nc(C(C)(C)C)n1)C1CC1. The van der Waals surface area contributed by atoms with Crippen molar-refractivity contribution in [2.24, 2.45) is 0 Å². The Morgan fingerprint density at radius 2 is 2.05 bits per heavy atom. The monoisotopic (exact) mass is 282 g/mol. The standard InChI is InChI=1S/C14H23ClN4/c1-14(2,3)13-17-11(15)9-12(18-13)16-7-8-19(4)10-5-6-10/h9-10H,5-8H2,1-4H3,(H,16,17,18). The predicted octanol–water partition coefficient (Wildman–Crippen LogP) is 2.93. The van der Waals surface area contributed by atoms with E-state index in [1.165, 1.54) is 12.8 Å². The van der Waals surface area contributed by atoms with Crippen LogP contribution in [0.15, 0.2) is 6.07 Å². The lowest BCUT2D eigenvalue weighted by Gasteiger charge is -2.19. The Hall–Kier alpha value is -0.870. The summed E-state index contributed by atoms with van der Waals surface area (Å²) < 4.78 is 0. The molecule has 1 N–H and O–H groups in total. The number of rotatable bonds is 5. The van der Waals surface area contributed by atoms with Crippen LogP contribution in [0.25, 0.3) is 0 Å². The Morgan fingerprint density at radius 1 is 1.37 bits per heavy atom. The van der Waals surface area contributed by atoms with E-state index in [2.05, 4.69) is 48.0 Å². The molecule has 0 radical (unpaired) electrons. The molecule has 0 unspecified atom stereocenters. The Balaban J connectivity index is 1.93. The van der Waals surface area contributed by atoms with Gasteiger partial charge < -0.3 is 10.2 Å². The zero-order valence-electron chi connectivity index (χ0n) is 12.2. The minimum absolute atomic E-state index is 0.0911. The van der Waals surface area contributed by atoms with Gasteiger partial charge in [0.25, 0.3) is 0 Å². The van der Waals surface area contributed by atoms with Gasteiger partial charge in [-0.05, 0) is 19.9 Å². The third-order valence-electron chi connectivity index (χ3n) is 3.31. The summed E-state index contributed by atoms with van der Waals surface area (Å²) in [5, 5.41) is 3.83. The second-order valence-corrected chi connectivity index (χ2v) is 6.68. The van der Waals surface area contributed by atoms with Gasteiger partial charge in [0.15, 0.2) is 0 Å². The molecule has 1 aliphatic rings. The topological polar surface area (TPSA) is 41.0 Å². The first kappa shape index (κ1) is 14.5. The van der Waals surface area contributed by atoms with Gasteiger partial charge in [0, 0.05) is 30.6 Å². The highest BCUT2D eigenvalue weighted by molar-refractivity contribution is 6.29. The Bertz CT molecular complexity index is 438. The Labute approximate surface area is 120 Å². The quantitative estimate of drug-likeness (QED) is 0.843. The fourth-order valence-corrected chi connectivity index (χ4v) is 2.09. The smallest absolute Gasteiger partial charge is 0.137 e. The molecule has 1 fully saturated rings. The zero-order valence-corrected chi connectivity index (χ0v) is 13.0. The minimum atomic E-state index is -0.0911. The normalized spacial score (nSPS) is 15.9. The average molecular weight is 283 g/mol. The van der Waals surface area contributed by atoms with E-state index in [1.807, 2.05) is 0 Å². The Morgan fingerprint density at radius 3 is 2.63 bits per heavy atom. The number of nitrogens with zero attached hydrogens (tertiary/aromatic N) is 3. The van der Waals surface area contributed by atoms with E-state index in [-0.39, 0.29) is 5.41 Å². The molecule has 1 saturated carbocycles. The molecule has 106 valence electrons. The van der Waals surface area contributed by atoms with E-state index in [1.54, 1.807) is 6.07 Å². The summed E-state index contributed by atoms with van der Waals surface area (Å²) in [6.45, 7) is 8.16. The van der Waals surface area contributed by atoms with Crippen molar-refractivity contribution in [3.8, 4) is 0 Å². The minimum Gasteiger partial charge on any atom is -0.369 e. The summed E-state index contributed by atoms with van der Waals surface area (Å²) in [6.07, 6.45) is 2.67. The van der Waals surface area contributed by atoms with Crippen LogP contribution >= 0.6 is 11.6 Å². The predicted molar refractivity (Wildman–Crippen MR) is 79.9 cm³/mol. The molecular weight excluding hydrogens is 260 g/mol. The second-order valence-electron chi connectivity index (χ2n) is 6.29. The van der Waals surface area contributed by atoms with Crippen molar-refractivity contribution in [2.75, 3.05) is 25.5 Å². The summed E-state index contributed by atoms with van der Waals surface area (Å²) >= 11 is 6.06. The van der Waals surface area contributed by atoms with E-state index in [4.69, 9.17) is 11.6 Å². The van der Waals surface area contributed by atoms with Crippen LogP contribution < -0.4 is 5.32 Å². The molecule has 1 aromatic rings. The molecule has 0 spiro atoms. The fourth-order valence-electron chi connectivity index (χ4n) is 1.90. The number of aromatic nitrogens is 2. The van der Waals surface area contributed by atoms with E-state index in [9.17, 15) is 0 Å². The summed E-state index contributed by atoms with van der Waals surface area (Å²) in [5.41, 5.74) is -0.0911. The van der Waals surface area contributed by atoms with Crippen LogP contribution in [0.2, 0.25) is 5.15 Å². The van der Waals surface area contributed by atoms with Crippen LogP contribution in [0.5, 0.6) is 0 Å². The molecule has 0 aliphatic heterocycles. The molecule has 0 aromatic carbocycles. The zero-order chi connectivity index (χ0) is 14.0. The third kappa shape index (κ3) is 4.32. The molecule has 5 heteroatoms. The van der Waals surface area contributed by atoms with Gasteiger partial charge in [-0.2, -0.15) is 0 Å². The Kier molecular flexibility index (Phi) is 4.31. The van der Waals surface area contributed by atoms with Crippen molar-refractivity contribution in [1.82, 2.24) is 14.9 Å². The van der Waals surface area contributed by atoms with Crippen LogP contribution in [0.3, 0.4) is 0 Å². The van der Waals surface area contributed by atoms with Gasteiger partial charge in [-0.25, -0.2) is 9.97 Å². The molecule has 0 atom stereocenters. The second kappa shape index (κ2) is 5.63. The van der Waals surface area contributed by atoms with Crippen molar-refractivity contribution < 1.29 is 0 Å². The number of hydrogen-bond acceptors (Lipinski definition) is 4. The van der Waals surface area contributed by atoms with Gasteiger partial charge in [0.05, 0.1) is 0 Å². The molecule has 1 heterocycles. The van der Waals surface area contributed by atoms with E-state index in [0.717, 1.165) is 30.8 Å². The molecular formula is C14H23ClN4.